The normalized spacial score (nSPS) is 10.7. The monoisotopic (exact) mass is 181 g/mol. The van der Waals surface area contributed by atoms with Crippen LogP contribution in [0, 0.1) is 0 Å². The molecule has 0 aliphatic rings. The first-order valence-corrected chi connectivity index (χ1v) is 4.36. The highest BCUT2D eigenvalue weighted by molar-refractivity contribution is 5.30. The van der Waals surface area contributed by atoms with E-state index in [4.69, 9.17) is 5.11 Å². The number of phenols is 1. The minimum atomic E-state index is 0. The van der Waals surface area contributed by atoms with Gasteiger partial charge in [-0.05, 0) is 29.5 Å². The van der Waals surface area contributed by atoms with Crippen LogP contribution in [0.1, 0.15) is 32.8 Å². The molecule has 0 atom stereocenters. The molecule has 0 saturated carbocycles. The average Bonchev–Trinajstić information content (AvgIpc) is 2.05. The fraction of sp³-hybridized carbons (Fsp3) is 0.455. The van der Waals surface area contributed by atoms with Gasteiger partial charge in [-0.1, -0.05) is 32.9 Å². The van der Waals surface area contributed by atoms with Gasteiger partial charge in [0.2, 0.25) is 0 Å². The molecule has 13 heavy (non-hydrogen) atoms. The van der Waals surface area contributed by atoms with Gasteiger partial charge in [-0.25, -0.2) is 0 Å². The van der Waals surface area contributed by atoms with Gasteiger partial charge in [0.25, 0.3) is 0 Å². The molecule has 0 amide bonds. The van der Waals surface area contributed by atoms with Crippen LogP contribution in [-0.4, -0.2) is 5.11 Å². The quantitative estimate of drug-likeness (QED) is 0.735. The number of rotatable bonds is 2. The Morgan fingerprint density at radius 3 is 2.00 bits per heavy atom. The van der Waals surface area contributed by atoms with Crippen molar-refractivity contribution in [3.05, 3.63) is 29.8 Å². The average molecular weight is 181 g/mol. The minimum absolute atomic E-state index is 0. The van der Waals surface area contributed by atoms with E-state index < -0.39 is 0 Å². The van der Waals surface area contributed by atoms with E-state index in [1.807, 2.05) is 12.1 Å². The van der Waals surface area contributed by atoms with Crippen molar-refractivity contribution < 1.29 is 5.11 Å². The highest BCUT2D eigenvalue weighted by Crippen LogP contribution is 2.27. The van der Waals surface area contributed by atoms with E-state index in [-0.39, 0.29) is 11.6 Å². The molecule has 1 aromatic carbocycles. The number of hydrogen-bond acceptors (Lipinski definition) is 2. The van der Waals surface area contributed by atoms with Crippen LogP contribution in [0.3, 0.4) is 0 Å². The van der Waals surface area contributed by atoms with Gasteiger partial charge in [-0.15, -0.1) is 0 Å². The van der Waals surface area contributed by atoms with Crippen molar-refractivity contribution in [3.8, 4) is 5.75 Å². The lowest BCUT2D eigenvalue weighted by molar-refractivity contribution is 0.471. The van der Waals surface area contributed by atoms with Crippen molar-refractivity contribution in [2.24, 2.45) is 0 Å². The fourth-order valence-electron chi connectivity index (χ4n) is 1.12. The minimum Gasteiger partial charge on any atom is -0.508 e. The molecule has 1 rings (SSSR count). The second-order valence-electron chi connectivity index (χ2n) is 3.78. The third-order valence-corrected chi connectivity index (χ3v) is 2.53. The molecule has 0 unspecified atom stereocenters. The smallest absolute Gasteiger partial charge is 0.115 e. The van der Waals surface area contributed by atoms with Gasteiger partial charge >= 0.3 is 0 Å². The predicted octanol–water partition coefficient (Wildman–Crippen LogP) is 3.24. The van der Waals surface area contributed by atoms with E-state index in [0.29, 0.717) is 5.75 Å². The molecule has 1 aromatic rings. The maximum Gasteiger partial charge on any atom is 0.115 e. The third kappa shape index (κ3) is 2.74. The Kier molecular flexibility index (Phi) is 3.95. The Hall–Kier alpha value is -1.02. The topological polar surface area (TPSA) is 55.2 Å². The number of phenolic OH excluding ortho intramolecular Hbond substituents is 1. The molecule has 0 aliphatic heterocycles. The molecule has 2 nitrogen and oxygen atoms in total. The third-order valence-electron chi connectivity index (χ3n) is 2.53. The van der Waals surface area contributed by atoms with Crippen LogP contribution < -0.4 is 6.15 Å². The van der Waals surface area contributed by atoms with Crippen LogP contribution in [0.5, 0.6) is 5.75 Å². The van der Waals surface area contributed by atoms with Gasteiger partial charge in [0.15, 0.2) is 0 Å². The summed E-state index contributed by atoms with van der Waals surface area (Å²) in [6.07, 6.45) is 1.11. The lowest BCUT2D eigenvalue weighted by atomic mass is 9.82. The first-order valence-electron chi connectivity index (χ1n) is 4.36. The summed E-state index contributed by atoms with van der Waals surface area (Å²) in [6, 6.07) is 7.46. The Balaban J connectivity index is 0.00000144. The Morgan fingerprint density at radius 2 is 1.62 bits per heavy atom. The fourth-order valence-corrected chi connectivity index (χ4v) is 1.12. The van der Waals surface area contributed by atoms with Crippen LogP contribution in [0.4, 0.5) is 0 Å². The zero-order valence-electron chi connectivity index (χ0n) is 8.67. The second-order valence-corrected chi connectivity index (χ2v) is 3.78. The van der Waals surface area contributed by atoms with Gasteiger partial charge in [0.1, 0.15) is 5.75 Å². The molecule has 4 N–H and O–H groups in total. The largest absolute Gasteiger partial charge is 0.508 e. The maximum atomic E-state index is 9.10. The zero-order valence-corrected chi connectivity index (χ0v) is 8.67. The summed E-state index contributed by atoms with van der Waals surface area (Å²) in [7, 11) is 0. The lowest BCUT2D eigenvalue weighted by Crippen LogP contribution is -2.14. The zero-order chi connectivity index (χ0) is 9.19. The summed E-state index contributed by atoms with van der Waals surface area (Å²) in [5.41, 5.74) is 1.50. The van der Waals surface area contributed by atoms with Crippen LogP contribution in [0.15, 0.2) is 24.3 Å². The molecule has 0 radical (unpaired) electrons. The Labute approximate surface area is 80.2 Å². The van der Waals surface area contributed by atoms with Crippen LogP contribution >= 0.6 is 0 Å². The van der Waals surface area contributed by atoms with E-state index in [2.05, 4.69) is 20.8 Å². The molecule has 0 spiro atoms. The number of aromatic hydroxyl groups is 1. The van der Waals surface area contributed by atoms with E-state index in [1.165, 1.54) is 5.56 Å². The molecular weight excluding hydrogens is 162 g/mol. The Bertz CT molecular complexity index is 251. The summed E-state index contributed by atoms with van der Waals surface area (Å²) >= 11 is 0. The van der Waals surface area contributed by atoms with Crippen LogP contribution in [0.2, 0.25) is 0 Å². The second kappa shape index (κ2) is 4.28. The SMILES string of the molecule is CCC(C)(C)c1ccc(O)cc1.N. The molecule has 0 aliphatic carbocycles. The molecule has 0 saturated heterocycles. The van der Waals surface area contributed by atoms with Gasteiger partial charge < -0.3 is 11.3 Å². The van der Waals surface area contributed by atoms with Crippen molar-refractivity contribution in [3.63, 3.8) is 0 Å². The molecule has 0 bridgehead atoms. The first-order chi connectivity index (χ1) is 5.56. The van der Waals surface area contributed by atoms with Gasteiger partial charge in [-0.2, -0.15) is 0 Å². The number of benzene rings is 1. The lowest BCUT2D eigenvalue weighted by Gasteiger charge is -2.22. The molecule has 0 fully saturated rings. The Morgan fingerprint density at radius 1 is 1.15 bits per heavy atom. The van der Waals surface area contributed by atoms with Crippen LogP contribution in [0.25, 0.3) is 0 Å². The summed E-state index contributed by atoms with van der Waals surface area (Å²) in [5.74, 6) is 0.339. The summed E-state index contributed by atoms with van der Waals surface area (Å²) < 4.78 is 0. The van der Waals surface area contributed by atoms with Crippen molar-refractivity contribution >= 4 is 0 Å². The molecule has 0 aromatic heterocycles. The van der Waals surface area contributed by atoms with E-state index >= 15 is 0 Å². The molecule has 74 valence electrons. The molecule has 0 heterocycles. The summed E-state index contributed by atoms with van der Waals surface area (Å²) in [4.78, 5) is 0. The van der Waals surface area contributed by atoms with Gasteiger partial charge in [0, 0.05) is 0 Å². The first kappa shape index (κ1) is 12.0. The van der Waals surface area contributed by atoms with Gasteiger partial charge in [0.05, 0.1) is 0 Å². The summed E-state index contributed by atoms with van der Waals surface area (Å²) in [6.45, 7) is 6.59. The van der Waals surface area contributed by atoms with E-state index in [0.717, 1.165) is 6.42 Å². The number of hydrogen-bond donors (Lipinski definition) is 2. The predicted molar refractivity (Wildman–Crippen MR) is 56.4 cm³/mol. The van der Waals surface area contributed by atoms with Crippen molar-refractivity contribution in [1.82, 2.24) is 6.15 Å². The highest BCUT2D eigenvalue weighted by atomic mass is 16.3. The van der Waals surface area contributed by atoms with E-state index in [1.54, 1.807) is 12.1 Å². The maximum absolute atomic E-state index is 9.10. The van der Waals surface area contributed by atoms with Crippen molar-refractivity contribution in [2.45, 2.75) is 32.6 Å². The molecule has 2 heteroatoms. The van der Waals surface area contributed by atoms with E-state index in [9.17, 15) is 0 Å². The van der Waals surface area contributed by atoms with Crippen molar-refractivity contribution in [1.29, 1.82) is 0 Å². The highest BCUT2D eigenvalue weighted by Gasteiger charge is 2.16. The van der Waals surface area contributed by atoms with Crippen LogP contribution in [-0.2, 0) is 5.41 Å². The summed E-state index contributed by atoms with van der Waals surface area (Å²) in [5, 5.41) is 9.10. The van der Waals surface area contributed by atoms with Crippen molar-refractivity contribution in [2.75, 3.05) is 0 Å². The standard InChI is InChI=1S/C11H16O.H3N/c1-4-11(2,3)9-5-7-10(12)8-6-9;/h5-8,12H,4H2,1-3H3;1H3. The molecular formula is C11H19NO. The van der Waals surface area contributed by atoms with Gasteiger partial charge in [-0.3, -0.25) is 0 Å².